The number of sulfonamides is 1. The van der Waals surface area contributed by atoms with E-state index < -0.39 is 10.0 Å². The molecule has 0 N–H and O–H groups in total. The van der Waals surface area contributed by atoms with Gasteiger partial charge in [0.15, 0.2) is 0 Å². The summed E-state index contributed by atoms with van der Waals surface area (Å²) in [6.07, 6.45) is 0. The van der Waals surface area contributed by atoms with E-state index in [-0.39, 0.29) is 0 Å². The topological polar surface area (TPSA) is 37.4 Å². The molecule has 4 heteroatoms. The Morgan fingerprint density at radius 1 is 1.38 bits per heavy atom. The molecule has 1 aromatic rings. The first-order valence-corrected chi connectivity index (χ1v) is 5.52. The SMILES string of the molecule is Cc1cccc2c1S(=O)(=O)N(C)C2. The Labute approximate surface area is 78.0 Å². The van der Waals surface area contributed by atoms with E-state index in [1.165, 1.54) is 4.31 Å². The van der Waals surface area contributed by atoms with E-state index in [4.69, 9.17) is 0 Å². The Balaban J connectivity index is 2.78. The van der Waals surface area contributed by atoms with E-state index in [9.17, 15) is 8.42 Å². The predicted octanol–water partition coefficient (Wildman–Crippen LogP) is 1.13. The van der Waals surface area contributed by atoms with Gasteiger partial charge in [0.25, 0.3) is 0 Å². The molecule has 70 valence electrons. The number of hydrogen-bond acceptors (Lipinski definition) is 2. The highest BCUT2D eigenvalue weighted by atomic mass is 32.2. The van der Waals surface area contributed by atoms with Crippen LogP contribution in [0.1, 0.15) is 11.1 Å². The summed E-state index contributed by atoms with van der Waals surface area (Å²) in [6, 6.07) is 5.59. The summed E-state index contributed by atoms with van der Waals surface area (Å²) < 4.78 is 24.8. The van der Waals surface area contributed by atoms with Crippen LogP contribution in [0.25, 0.3) is 0 Å². The first-order valence-electron chi connectivity index (χ1n) is 4.08. The van der Waals surface area contributed by atoms with Crippen LogP contribution in [0.2, 0.25) is 0 Å². The summed E-state index contributed by atoms with van der Waals surface area (Å²) in [5.41, 5.74) is 1.74. The van der Waals surface area contributed by atoms with Crippen LogP contribution in [0.15, 0.2) is 23.1 Å². The highest BCUT2D eigenvalue weighted by Crippen LogP contribution is 2.30. The molecule has 0 spiro atoms. The van der Waals surface area contributed by atoms with Crippen LogP contribution < -0.4 is 0 Å². The maximum Gasteiger partial charge on any atom is 0.243 e. The maximum absolute atomic E-state index is 11.7. The molecule has 3 nitrogen and oxygen atoms in total. The fourth-order valence-corrected chi connectivity index (χ4v) is 3.25. The van der Waals surface area contributed by atoms with Gasteiger partial charge in [0, 0.05) is 13.6 Å². The van der Waals surface area contributed by atoms with Crippen molar-refractivity contribution in [3.05, 3.63) is 29.3 Å². The summed E-state index contributed by atoms with van der Waals surface area (Å²) in [5.74, 6) is 0. The van der Waals surface area contributed by atoms with Gasteiger partial charge in [-0.1, -0.05) is 18.2 Å². The van der Waals surface area contributed by atoms with Gasteiger partial charge < -0.3 is 0 Å². The van der Waals surface area contributed by atoms with E-state index in [1.54, 1.807) is 7.05 Å². The van der Waals surface area contributed by atoms with Crippen molar-refractivity contribution in [2.75, 3.05) is 7.05 Å². The van der Waals surface area contributed by atoms with E-state index in [0.29, 0.717) is 11.4 Å². The van der Waals surface area contributed by atoms with Gasteiger partial charge in [0.2, 0.25) is 10.0 Å². The minimum atomic E-state index is -3.18. The first-order chi connectivity index (χ1) is 6.03. The van der Waals surface area contributed by atoms with E-state index in [1.807, 2.05) is 25.1 Å². The van der Waals surface area contributed by atoms with Gasteiger partial charge in [-0.15, -0.1) is 0 Å². The van der Waals surface area contributed by atoms with Crippen molar-refractivity contribution in [2.45, 2.75) is 18.4 Å². The van der Waals surface area contributed by atoms with Crippen LogP contribution in [-0.2, 0) is 16.6 Å². The second kappa shape index (κ2) is 2.56. The zero-order valence-electron chi connectivity index (χ0n) is 7.61. The third-order valence-corrected chi connectivity index (χ3v) is 4.40. The van der Waals surface area contributed by atoms with Crippen molar-refractivity contribution >= 4 is 10.0 Å². The Kier molecular flexibility index (Phi) is 1.72. The molecule has 0 saturated carbocycles. The van der Waals surface area contributed by atoms with Crippen LogP contribution in [0.3, 0.4) is 0 Å². The van der Waals surface area contributed by atoms with Crippen molar-refractivity contribution in [1.29, 1.82) is 0 Å². The molecule has 1 aliphatic rings. The standard InChI is InChI=1S/C9H11NO2S/c1-7-4-3-5-8-6-10(2)13(11,12)9(7)8/h3-5H,6H2,1-2H3. The minimum absolute atomic E-state index is 0.498. The number of rotatable bonds is 0. The zero-order valence-corrected chi connectivity index (χ0v) is 8.43. The Bertz CT molecular complexity index is 451. The molecule has 1 heterocycles. The van der Waals surface area contributed by atoms with Crippen LogP contribution >= 0.6 is 0 Å². The number of aryl methyl sites for hydroxylation is 1. The Morgan fingerprint density at radius 2 is 2.08 bits per heavy atom. The molecule has 0 atom stereocenters. The fraction of sp³-hybridized carbons (Fsp3) is 0.333. The van der Waals surface area contributed by atoms with Crippen LogP contribution in [0.4, 0.5) is 0 Å². The lowest BCUT2D eigenvalue weighted by Gasteiger charge is -2.06. The van der Waals surface area contributed by atoms with E-state index >= 15 is 0 Å². The van der Waals surface area contributed by atoms with Crippen molar-refractivity contribution in [2.24, 2.45) is 0 Å². The zero-order chi connectivity index (χ0) is 9.64. The van der Waals surface area contributed by atoms with E-state index in [2.05, 4.69) is 0 Å². The fourth-order valence-electron chi connectivity index (χ4n) is 1.69. The molecule has 2 rings (SSSR count). The average molecular weight is 197 g/mol. The molecule has 13 heavy (non-hydrogen) atoms. The molecule has 0 radical (unpaired) electrons. The molecule has 0 saturated heterocycles. The Hall–Kier alpha value is -0.870. The second-order valence-electron chi connectivity index (χ2n) is 3.32. The van der Waals surface area contributed by atoms with Crippen molar-refractivity contribution < 1.29 is 8.42 Å². The van der Waals surface area contributed by atoms with Crippen LogP contribution in [-0.4, -0.2) is 19.8 Å². The summed E-state index contributed by atoms with van der Waals surface area (Å²) in [4.78, 5) is 0.498. The molecule has 0 unspecified atom stereocenters. The number of hydrogen-bond donors (Lipinski definition) is 0. The smallest absolute Gasteiger partial charge is 0.207 e. The van der Waals surface area contributed by atoms with Crippen molar-refractivity contribution in [1.82, 2.24) is 4.31 Å². The lowest BCUT2D eigenvalue weighted by Crippen LogP contribution is -2.18. The van der Waals surface area contributed by atoms with Gasteiger partial charge in [-0.2, -0.15) is 4.31 Å². The monoisotopic (exact) mass is 197 g/mol. The second-order valence-corrected chi connectivity index (χ2v) is 5.31. The molecule has 0 amide bonds. The molecule has 0 aromatic heterocycles. The summed E-state index contributed by atoms with van der Waals surface area (Å²) in [6.45, 7) is 2.33. The van der Waals surface area contributed by atoms with Gasteiger partial charge in [0.05, 0.1) is 4.90 Å². The van der Waals surface area contributed by atoms with Gasteiger partial charge >= 0.3 is 0 Å². The summed E-state index contributed by atoms with van der Waals surface area (Å²) in [5, 5.41) is 0. The number of benzene rings is 1. The van der Waals surface area contributed by atoms with Gasteiger partial charge in [-0.05, 0) is 18.1 Å². The molecule has 1 aromatic carbocycles. The average Bonchev–Trinajstić information content (AvgIpc) is 2.24. The third-order valence-electron chi connectivity index (χ3n) is 2.35. The van der Waals surface area contributed by atoms with Crippen molar-refractivity contribution in [3.8, 4) is 0 Å². The lowest BCUT2D eigenvalue weighted by atomic mass is 10.1. The molecule has 0 aliphatic carbocycles. The normalized spacial score (nSPS) is 20.2. The maximum atomic E-state index is 11.7. The van der Waals surface area contributed by atoms with E-state index in [0.717, 1.165) is 11.1 Å². The highest BCUT2D eigenvalue weighted by molar-refractivity contribution is 7.89. The van der Waals surface area contributed by atoms with Crippen LogP contribution in [0, 0.1) is 6.92 Å². The van der Waals surface area contributed by atoms with Crippen LogP contribution in [0.5, 0.6) is 0 Å². The third kappa shape index (κ3) is 1.09. The van der Waals surface area contributed by atoms with Gasteiger partial charge in [-0.25, -0.2) is 8.42 Å². The predicted molar refractivity (Wildman–Crippen MR) is 49.8 cm³/mol. The molecular formula is C9H11NO2S. The Morgan fingerprint density at radius 3 is 2.69 bits per heavy atom. The minimum Gasteiger partial charge on any atom is -0.207 e. The number of nitrogens with zero attached hydrogens (tertiary/aromatic N) is 1. The number of fused-ring (bicyclic) bond motifs is 1. The van der Waals surface area contributed by atoms with Gasteiger partial charge in [-0.3, -0.25) is 0 Å². The molecule has 1 aliphatic heterocycles. The quantitative estimate of drug-likeness (QED) is 0.625. The lowest BCUT2D eigenvalue weighted by molar-refractivity contribution is 0.488. The summed E-state index contributed by atoms with van der Waals surface area (Å²) >= 11 is 0. The highest BCUT2D eigenvalue weighted by Gasteiger charge is 2.32. The van der Waals surface area contributed by atoms with Crippen molar-refractivity contribution in [3.63, 3.8) is 0 Å². The van der Waals surface area contributed by atoms with Gasteiger partial charge in [0.1, 0.15) is 0 Å². The first kappa shape index (κ1) is 8.72. The largest absolute Gasteiger partial charge is 0.243 e. The molecule has 0 fully saturated rings. The summed E-state index contributed by atoms with van der Waals surface area (Å²) in [7, 11) is -1.58. The molecule has 0 bridgehead atoms. The molecular weight excluding hydrogens is 186 g/mol.